The van der Waals surface area contributed by atoms with Crippen LogP contribution in [0, 0.1) is 5.82 Å². The molecule has 0 bridgehead atoms. The van der Waals surface area contributed by atoms with E-state index in [1.165, 1.54) is 6.07 Å². The SMILES string of the molecule is O=C(Cc1c(F)cccc1Cl)N1CCN(CCBr)CC1. The summed E-state index contributed by atoms with van der Waals surface area (Å²) in [6, 6.07) is 4.49. The predicted molar refractivity (Wildman–Crippen MR) is 81.9 cm³/mol. The first-order chi connectivity index (χ1) is 9.61. The molecule has 2 rings (SSSR count). The molecule has 1 aromatic carbocycles. The number of hydrogen-bond donors (Lipinski definition) is 0. The minimum absolute atomic E-state index is 0.0317. The van der Waals surface area contributed by atoms with Crippen LogP contribution >= 0.6 is 27.5 Å². The summed E-state index contributed by atoms with van der Waals surface area (Å²) >= 11 is 9.36. The van der Waals surface area contributed by atoms with Gasteiger partial charge in [0.25, 0.3) is 0 Å². The van der Waals surface area contributed by atoms with Gasteiger partial charge in [0.15, 0.2) is 0 Å². The van der Waals surface area contributed by atoms with Crippen LogP contribution < -0.4 is 0 Å². The normalized spacial score (nSPS) is 16.4. The molecule has 0 N–H and O–H groups in total. The molecule has 20 heavy (non-hydrogen) atoms. The average molecular weight is 364 g/mol. The molecule has 6 heteroatoms. The Hall–Kier alpha value is -0.650. The van der Waals surface area contributed by atoms with Crippen molar-refractivity contribution in [1.82, 2.24) is 9.80 Å². The number of benzene rings is 1. The number of piperazine rings is 1. The van der Waals surface area contributed by atoms with Crippen LogP contribution in [0.25, 0.3) is 0 Å². The van der Waals surface area contributed by atoms with Gasteiger partial charge in [0.1, 0.15) is 5.82 Å². The van der Waals surface area contributed by atoms with Gasteiger partial charge < -0.3 is 4.90 Å². The maximum Gasteiger partial charge on any atom is 0.227 e. The van der Waals surface area contributed by atoms with Gasteiger partial charge in [-0.2, -0.15) is 0 Å². The Bertz CT molecular complexity index is 458. The maximum atomic E-state index is 13.7. The fraction of sp³-hybridized carbons (Fsp3) is 0.500. The van der Waals surface area contributed by atoms with E-state index in [4.69, 9.17) is 11.6 Å². The maximum absolute atomic E-state index is 13.7. The van der Waals surface area contributed by atoms with E-state index in [9.17, 15) is 9.18 Å². The Morgan fingerprint density at radius 1 is 1.30 bits per heavy atom. The lowest BCUT2D eigenvalue weighted by Crippen LogP contribution is -2.49. The molecule has 1 aliphatic heterocycles. The molecular weight excluding hydrogens is 347 g/mol. The van der Waals surface area contributed by atoms with Crippen LogP contribution in [-0.2, 0) is 11.2 Å². The van der Waals surface area contributed by atoms with Crippen molar-refractivity contribution >= 4 is 33.4 Å². The van der Waals surface area contributed by atoms with Crippen LogP contribution in [-0.4, -0.2) is 53.8 Å². The van der Waals surface area contributed by atoms with Gasteiger partial charge >= 0.3 is 0 Å². The van der Waals surface area contributed by atoms with Crippen LogP contribution in [0.5, 0.6) is 0 Å². The van der Waals surface area contributed by atoms with Gasteiger partial charge in [-0.1, -0.05) is 33.6 Å². The third kappa shape index (κ3) is 3.93. The zero-order valence-corrected chi connectivity index (χ0v) is 13.5. The molecule has 0 unspecified atom stereocenters. The number of amides is 1. The summed E-state index contributed by atoms with van der Waals surface area (Å²) in [6.45, 7) is 4.10. The number of nitrogens with zero attached hydrogens (tertiary/aromatic N) is 2. The largest absolute Gasteiger partial charge is 0.340 e. The topological polar surface area (TPSA) is 23.6 Å². The van der Waals surface area contributed by atoms with Gasteiger partial charge in [-0.15, -0.1) is 0 Å². The first kappa shape index (κ1) is 15.7. The van der Waals surface area contributed by atoms with Gasteiger partial charge in [-0.3, -0.25) is 9.69 Å². The van der Waals surface area contributed by atoms with E-state index >= 15 is 0 Å². The molecule has 0 aromatic heterocycles. The summed E-state index contributed by atoms with van der Waals surface area (Å²) < 4.78 is 13.7. The Kier molecular flexibility index (Phi) is 5.81. The van der Waals surface area contributed by atoms with Gasteiger partial charge in [0.05, 0.1) is 6.42 Å². The molecule has 1 amide bonds. The van der Waals surface area contributed by atoms with Crippen LogP contribution in [0.4, 0.5) is 4.39 Å². The molecule has 1 aromatic rings. The number of carbonyl (C=O) groups excluding carboxylic acids is 1. The fourth-order valence-electron chi connectivity index (χ4n) is 2.30. The molecule has 0 radical (unpaired) electrons. The van der Waals surface area contributed by atoms with Crippen molar-refractivity contribution in [3.8, 4) is 0 Å². The zero-order valence-electron chi connectivity index (χ0n) is 11.1. The summed E-state index contributed by atoms with van der Waals surface area (Å²) in [4.78, 5) is 16.3. The molecule has 1 aliphatic rings. The first-order valence-electron chi connectivity index (χ1n) is 6.61. The van der Waals surface area contributed by atoms with E-state index in [1.807, 2.05) is 0 Å². The Morgan fingerprint density at radius 3 is 2.60 bits per heavy atom. The number of carbonyl (C=O) groups is 1. The molecule has 1 fully saturated rings. The van der Waals surface area contributed by atoms with E-state index in [1.54, 1.807) is 17.0 Å². The van der Waals surface area contributed by atoms with Crippen molar-refractivity contribution in [2.45, 2.75) is 6.42 Å². The van der Waals surface area contributed by atoms with Gasteiger partial charge in [-0.05, 0) is 12.1 Å². The molecule has 0 saturated carbocycles. The lowest BCUT2D eigenvalue weighted by molar-refractivity contribution is -0.132. The van der Waals surface area contributed by atoms with E-state index in [0.717, 1.165) is 25.0 Å². The van der Waals surface area contributed by atoms with E-state index in [0.29, 0.717) is 23.7 Å². The molecule has 3 nitrogen and oxygen atoms in total. The quantitative estimate of drug-likeness (QED) is 0.768. The lowest BCUT2D eigenvalue weighted by atomic mass is 10.1. The summed E-state index contributed by atoms with van der Waals surface area (Å²) in [5.41, 5.74) is 0.294. The van der Waals surface area contributed by atoms with Crippen LogP contribution in [0.15, 0.2) is 18.2 Å². The highest BCUT2D eigenvalue weighted by Gasteiger charge is 2.22. The van der Waals surface area contributed by atoms with E-state index < -0.39 is 5.82 Å². The van der Waals surface area contributed by atoms with Gasteiger partial charge in [0, 0.05) is 48.6 Å². The summed E-state index contributed by atoms with van der Waals surface area (Å²) in [7, 11) is 0. The smallest absolute Gasteiger partial charge is 0.227 e. The van der Waals surface area contributed by atoms with Crippen molar-refractivity contribution in [3.63, 3.8) is 0 Å². The monoisotopic (exact) mass is 362 g/mol. The lowest BCUT2D eigenvalue weighted by Gasteiger charge is -2.34. The average Bonchev–Trinajstić information content (AvgIpc) is 2.44. The van der Waals surface area contributed by atoms with Crippen molar-refractivity contribution in [3.05, 3.63) is 34.6 Å². The minimum atomic E-state index is -0.413. The summed E-state index contributed by atoms with van der Waals surface area (Å²) in [5.74, 6) is -0.473. The second kappa shape index (κ2) is 7.38. The highest BCUT2D eigenvalue weighted by molar-refractivity contribution is 9.09. The third-order valence-corrected chi connectivity index (χ3v) is 4.22. The van der Waals surface area contributed by atoms with Crippen LogP contribution in [0.3, 0.4) is 0 Å². The van der Waals surface area contributed by atoms with Crippen molar-refractivity contribution in [1.29, 1.82) is 0 Å². The molecule has 0 aliphatic carbocycles. The van der Waals surface area contributed by atoms with Gasteiger partial charge in [0.2, 0.25) is 5.91 Å². The second-order valence-corrected chi connectivity index (χ2v) is 5.99. The standard InChI is InChI=1S/C14H17BrClFN2O/c15-4-5-18-6-8-19(9-7-18)14(20)10-11-12(16)2-1-3-13(11)17/h1-3H,4-10H2. The zero-order chi connectivity index (χ0) is 14.5. The molecule has 1 heterocycles. The fourth-order valence-corrected chi connectivity index (χ4v) is 3.04. The van der Waals surface area contributed by atoms with E-state index in [-0.39, 0.29) is 12.3 Å². The summed E-state index contributed by atoms with van der Waals surface area (Å²) in [6.07, 6.45) is 0.0317. The van der Waals surface area contributed by atoms with Crippen molar-refractivity contribution < 1.29 is 9.18 Å². The van der Waals surface area contributed by atoms with E-state index in [2.05, 4.69) is 20.8 Å². The van der Waals surface area contributed by atoms with Crippen LogP contribution in [0.2, 0.25) is 5.02 Å². The second-order valence-electron chi connectivity index (χ2n) is 4.79. The predicted octanol–water partition coefficient (Wildman–Crippen LogP) is 2.56. The van der Waals surface area contributed by atoms with Crippen molar-refractivity contribution in [2.24, 2.45) is 0 Å². The van der Waals surface area contributed by atoms with Crippen LogP contribution in [0.1, 0.15) is 5.56 Å². The molecule has 0 atom stereocenters. The number of halogens is 3. The number of alkyl halides is 1. The Balaban J connectivity index is 1.93. The molecular formula is C14H17BrClFN2O. The summed E-state index contributed by atoms with van der Waals surface area (Å²) in [5, 5.41) is 1.25. The first-order valence-corrected chi connectivity index (χ1v) is 8.10. The number of rotatable bonds is 4. The minimum Gasteiger partial charge on any atom is -0.340 e. The highest BCUT2D eigenvalue weighted by Crippen LogP contribution is 2.20. The highest BCUT2D eigenvalue weighted by atomic mass is 79.9. The molecule has 110 valence electrons. The Labute approximate surface area is 131 Å². The third-order valence-electron chi connectivity index (χ3n) is 3.52. The van der Waals surface area contributed by atoms with Gasteiger partial charge in [-0.25, -0.2) is 4.39 Å². The molecule has 0 spiro atoms. The number of hydrogen-bond acceptors (Lipinski definition) is 2. The Morgan fingerprint density at radius 2 is 2.00 bits per heavy atom. The van der Waals surface area contributed by atoms with Crippen molar-refractivity contribution in [2.75, 3.05) is 38.1 Å². The molecule has 1 saturated heterocycles.